The van der Waals surface area contributed by atoms with Crippen molar-refractivity contribution in [2.75, 3.05) is 6.54 Å². The average Bonchev–Trinajstić information content (AvgIpc) is 2.52. The number of carboxylic acids is 1. The van der Waals surface area contributed by atoms with E-state index in [1.54, 1.807) is 12.1 Å². The number of rotatable bonds is 5. The van der Waals surface area contributed by atoms with Gasteiger partial charge in [0.05, 0.1) is 3.79 Å². The van der Waals surface area contributed by atoms with Gasteiger partial charge in [0.2, 0.25) is 0 Å². The van der Waals surface area contributed by atoms with Gasteiger partial charge in [-0.05, 0) is 28.1 Å². The molecule has 1 unspecified atom stereocenters. The number of carboxylic acid groups (broad SMARTS) is 1. The van der Waals surface area contributed by atoms with Gasteiger partial charge in [-0.15, -0.1) is 17.9 Å². The molecule has 0 saturated carbocycles. The van der Waals surface area contributed by atoms with Crippen molar-refractivity contribution in [3.05, 3.63) is 33.5 Å². The molecule has 0 aromatic carbocycles. The van der Waals surface area contributed by atoms with Crippen LogP contribution in [0.15, 0.2) is 28.6 Å². The fraction of sp³-hybridized carbons (Fsp3) is 0.222. The van der Waals surface area contributed by atoms with Crippen LogP contribution in [0.4, 0.5) is 0 Å². The predicted molar refractivity (Wildman–Crippen MR) is 60.6 cm³/mol. The Hall–Kier alpha value is -0.650. The lowest BCUT2D eigenvalue weighted by molar-refractivity contribution is -0.139. The van der Waals surface area contributed by atoms with Crippen molar-refractivity contribution in [1.29, 1.82) is 0 Å². The fourth-order valence-corrected chi connectivity index (χ4v) is 2.49. The minimum Gasteiger partial charge on any atom is -0.480 e. The Morgan fingerprint density at radius 3 is 2.93 bits per heavy atom. The summed E-state index contributed by atoms with van der Waals surface area (Å²) in [6.07, 6.45) is 1.64. The highest BCUT2D eigenvalue weighted by Crippen LogP contribution is 2.27. The molecule has 0 radical (unpaired) electrons. The maximum absolute atomic E-state index is 10.9. The van der Waals surface area contributed by atoms with Crippen molar-refractivity contribution < 1.29 is 9.90 Å². The minimum absolute atomic E-state index is 0.479. The van der Waals surface area contributed by atoms with Crippen LogP contribution in [0, 0.1) is 0 Å². The molecule has 0 aliphatic carbocycles. The first-order valence-corrected chi connectivity index (χ1v) is 5.58. The van der Waals surface area contributed by atoms with Gasteiger partial charge in [-0.1, -0.05) is 6.08 Å². The second-order valence-electron chi connectivity index (χ2n) is 2.61. The lowest BCUT2D eigenvalue weighted by Crippen LogP contribution is -2.27. The molecule has 0 aliphatic rings. The van der Waals surface area contributed by atoms with Gasteiger partial charge in [-0.2, -0.15) is 0 Å². The van der Waals surface area contributed by atoms with Gasteiger partial charge in [0.1, 0.15) is 6.04 Å². The van der Waals surface area contributed by atoms with E-state index in [1.165, 1.54) is 11.3 Å². The zero-order valence-electron chi connectivity index (χ0n) is 7.37. The van der Waals surface area contributed by atoms with Crippen LogP contribution in [-0.4, -0.2) is 17.6 Å². The highest BCUT2D eigenvalue weighted by Gasteiger charge is 2.19. The molecule has 1 atom stereocenters. The molecule has 1 heterocycles. The number of thiophene rings is 1. The van der Waals surface area contributed by atoms with Crippen molar-refractivity contribution in [1.82, 2.24) is 5.32 Å². The lowest BCUT2D eigenvalue weighted by Gasteiger charge is -2.10. The second kappa shape index (κ2) is 5.29. The van der Waals surface area contributed by atoms with E-state index in [-0.39, 0.29) is 0 Å². The Labute approximate surface area is 94.6 Å². The van der Waals surface area contributed by atoms with Crippen LogP contribution < -0.4 is 5.32 Å². The first-order valence-electron chi connectivity index (χ1n) is 3.97. The minimum atomic E-state index is -0.874. The van der Waals surface area contributed by atoms with E-state index in [4.69, 9.17) is 5.11 Å². The Morgan fingerprint density at radius 1 is 1.79 bits per heavy atom. The van der Waals surface area contributed by atoms with E-state index in [0.717, 1.165) is 8.66 Å². The van der Waals surface area contributed by atoms with Crippen LogP contribution in [0.3, 0.4) is 0 Å². The van der Waals surface area contributed by atoms with E-state index in [2.05, 4.69) is 27.8 Å². The highest BCUT2D eigenvalue weighted by molar-refractivity contribution is 9.11. The number of halogens is 1. The molecule has 0 bridgehead atoms. The average molecular weight is 276 g/mol. The third-order valence-electron chi connectivity index (χ3n) is 1.59. The number of hydrogen-bond acceptors (Lipinski definition) is 3. The van der Waals surface area contributed by atoms with Crippen molar-refractivity contribution >= 4 is 33.2 Å². The summed E-state index contributed by atoms with van der Waals surface area (Å²) in [4.78, 5) is 11.7. The smallest absolute Gasteiger partial charge is 0.326 e. The van der Waals surface area contributed by atoms with Crippen LogP contribution in [0.2, 0.25) is 0 Å². The Balaban J connectivity index is 2.77. The Bertz CT molecular complexity index is 337. The molecule has 0 amide bonds. The largest absolute Gasteiger partial charge is 0.480 e. The standard InChI is InChI=1S/C9H10BrNO2S/c1-2-5-11-8(9(12)13)6-3-4-7(10)14-6/h2-4,8,11H,1,5H2,(H,12,13). The summed E-state index contributed by atoms with van der Waals surface area (Å²) in [5.74, 6) is -0.874. The van der Waals surface area contributed by atoms with Crippen molar-refractivity contribution in [3.8, 4) is 0 Å². The summed E-state index contributed by atoms with van der Waals surface area (Å²) in [6.45, 7) is 4.01. The molecule has 0 spiro atoms. The molecule has 76 valence electrons. The summed E-state index contributed by atoms with van der Waals surface area (Å²) in [5.41, 5.74) is 0. The zero-order chi connectivity index (χ0) is 10.6. The first-order chi connectivity index (χ1) is 6.65. The molecule has 0 aliphatic heterocycles. The third-order valence-corrected chi connectivity index (χ3v) is 3.28. The summed E-state index contributed by atoms with van der Waals surface area (Å²) < 4.78 is 0.930. The number of hydrogen-bond donors (Lipinski definition) is 2. The molecular formula is C9H10BrNO2S. The maximum Gasteiger partial charge on any atom is 0.326 e. The van der Waals surface area contributed by atoms with E-state index < -0.39 is 12.0 Å². The van der Waals surface area contributed by atoms with Gasteiger partial charge in [-0.3, -0.25) is 10.1 Å². The normalized spacial score (nSPS) is 12.4. The van der Waals surface area contributed by atoms with Crippen molar-refractivity contribution in [2.24, 2.45) is 0 Å². The molecule has 1 rings (SSSR count). The van der Waals surface area contributed by atoms with E-state index in [1.807, 2.05) is 6.07 Å². The molecule has 14 heavy (non-hydrogen) atoms. The topological polar surface area (TPSA) is 49.3 Å². The second-order valence-corrected chi connectivity index (χ2v) is 5.10. The van der Waals surface area contributed by atoms with Gasteiger partial charge < -0.3 is 5.11 Å². The summed E-state index contributed by atoms with van der Waals surface area (Å²) >= 11 is 4.71. The quantitative estimate of drug-likeness (QED) is 0.812. The first kappa shape index (κ1) is 11.4. The fourth-order valence-electron chi connectivity index (χ4n) is 0.994. The lowest BCUT2D eigenvalue weighted by atomic mass is 10.2. The van der Waals surface area contributed by atoms with Gasteiger partial charge in [0, 0.05) is 11.4 Å². The van der Waals surface area contributed by atoms with Gasteiger partial charge in [-0.25, -0.2) is 0 Å². The van der Waals surface area contributed by atoms with Crippen LogP contribution in [0.1, 0.15) is 10.9 Å². The molecule has 5 heteroatoms. The van der Waals surface area contributed by atoms with Gasteiger partial charge >= 0.3 is 5.97 Å². The SMILES string of the molecule is C=CCNC(C(=O)O)c1ccc(Br)s1. The summed E-state index contributed by atoms with van der Waals surface area (Å²) in [5, 5.41) is 11.8. The molecule has 3 nitrogen and oxygen atoms in total. The van der Waals surface area contributed by atoms with E-state index in [0.29, 0.717) is 6.54 Å². The number of nitrogens with one attached hydrogen (secondary N) is 1. The maximum atomic E-state index is 10.9. The molecule has 1 aromatic heterocycles. The third kappa shape index (κ3) is 2.94. The molecular weight excluding hydrogens is 266 g/mol. The predicted octanol–water partition coefficient (Wildman–Crippen LogP) is 2.41. The monoisotopic (exact) mass is 275 g/mol. The van der Waals surface area contributed by atoms with E-state index >= 15 is 0 Å². The summed E-state index contributed by atoms with van der Waals surface area (Å²) in [6, 6.07) is 2.99. The Kier molecular flexibility index (Phi) is 4.31. The summed E-state index contributed by atoms with van der Waals surface area (Å²) in [7, 11) is 0. The van der Waals surface area contributed by atoms with Crippen LogP contribution in [0.25, 0.3) is 0 Å². The number of aliphatic carboxylic acids is 1. The van der Waals surface area contributed by atoms with E-state index in [9.17, 15) is 4.79 Å². The molecule has 1 aromatic rings. The van der Waals surface area contributed by atoms with Crippen LogP contribution >= 0.6 is 27.3 Å². The highest BCUT2D eigenvalue weighted by atomic mass is 79.9. The molecule has 2 N–H and O–H groups in total. The van der Waals surface area contributed by atoms with Crippen molar-refractivity contribution in [2.45, 2.75) is 6.04 Å². The zero-order valence-corrected chi connectivity index (χ0v) is 9.77. The van der Waals surface area contributed by atoms with Crippen LogP contribution in [0.5, 0.6) is 0 Å². The van der Waals surface area contributed by atoms with Crippen LogP contribution in [-0.2, 0) is 4.79 Å². The number of carbonyl (C=O) groups is 1. The van der Waals surface area contributed by atoms with Gasteiger partial charge in [0.25, 0.3) is 0 Å². The Morgan fingerprint density at radius 2 is 2.50 bits per heavy atom. The molecule has 0 saturated heterocycles. The molecule has 0 fully saturated rings. The van der Waals surface area contributed by atoms with Crippen molar-refractivity contribution in [3.63, 3.8) is 0 Å². The van der Waals surface area contributed by atoms with Gasteiger partial charge in [0.15, 0.2) is 0 Å².